The smallest absolute Gasteiger partial charge is 0.180 e. The van der Waals surface area contributed by atoms with Crippen LogP contribution < -0.4 is 5.32 Å². The van der Waals surface area contributed by atoms with Crippen LogP contribution in [0.1, 0.15) is 25.5 Å². The summed E-state index contributed by atoms with van der Waals surface area (Å²) in [6.45, 7) is 4.40. The third-order valence-corrected chi connectivity index (χ3v) is 4.81. The highest BCUT2D eigenvalue weighted by molar-refractivity contribution is 7.92. The average Bonchev–Trinajstić information content (AvgIpc) is 3.01. The highest BCUT2D eigenvalue weighted by Crippen LogP contribution is 2.23. The molecule has 15 heavy (non-hydrogen) atoms. The van der Waals surface area contributed by atoms with Crippen molar-refractivity contribution < 1.29 is 8.42 Å². The second kappa shape index (κ2) is 3.61. The number of nitrogens with one attached hydrogen (secondary N) is 1. The summed E-state index contributed by atoms with van der Waals surface area (Å²) in [5.41, 5.74) is 1.16. The zero-order valence-corrected chi connectivity index (χ0v) is 9.71. The van der Waals surface area contributed by atoms with Crippen molar-refractivity contribution in [3.8, 4) is 0 Å². The van der Waals surface area contributed by atoms with Crippen molar-refractivity contribution in [3.05, 3.63) is 29.8 Å². The van der Waals surface area contributed by atoms with Gasteiger partial charge in [0, 0.05) is 12.6 Å². The van der Waals surface area contributed by atoms with Crippen LogP contribution in [-0.2, 0) is 9.84 Å². The summed E-state index contributed by atoms with van der Waals surface area (Å²) in [6.07, 6.45) is 0. The first kappa shape index (κ1) is 10.6. The average molecular weight is 225 g/mol. The number of benzene rings is 1. The van der Waals surface area contributed by atoms with E-state index >= 15 is 0 Å². The molecule has 3 nitrogen and oxygen atoms in total. The molecule has 2 rings (SSSR count). The van der Waals surface area contributed by atoms with Crippen molar-refractivity contribution in [3.63, 3.8) is 0 Å². The van der Waals surface area contributed by atoms with Crippen molar-refractivity contribution in [2.75, 3.05) is 6.54 Å². The zero-order valence-electron chi connectivity index (χ0n) is 8.90. The quantitative estimate of drug-likeness (QED) is 0.793. The van der Waals surface area contributed by atoms with Gasteiger partial charge in [-0.1, -0.05) is 12.1 Å². The molecule has 0 bridgehead atoms. The highest BCUT2D eigenvalue weighted by atomic mass is 32.2. The van der Waals surface area contributed by atoms with Gasteiger partial charge in [0.05, 0.1) is 10.1 Å². The normalized spacial score (nSPS) is 20.6. The molecule has 1 aliphatic rings. The van der Waals surface area contributed by atoms with E-state index in [2.05, 4.69) is 5.32 Å². The highest BCUT2D eigenvalue weighted by Gasteiger charge is 2.23. The van der Waals surface area contributed by atoms with E-state index in [0.717, 1.165) is 12.1 Å². The Morgan fingerprint density at radius 2 is 1.80 bits per heavy atom. The summed E-state index contributed by atoms with van der Waals surface area (Å²) >= 11 is 0. The van der Waals surface area contributed by atoms with Gasteiger partial charge in [-0.2, -0.15) is 0 Å². The third kappa shape index (κ3) is 2.06. The Kier molecular flexibility index (Phi) is 2.56. The predicted molar refractivity (Wildman–Crippen MR) is 59.5 cm³/mol. The molecule has 1 aliphatic heterocycles. The monoisotopic (exact) mass is 225 g/mol. The lowest BCUT2D eigenvalue weighted by atomic mass is 10.2. The molecule has 4 heteroatoms. The van der Waals surface area contributed by atoms with Crippen LogP contribution in [0.2, 0.25) is 0 Å². The first-order valence-electron chi connectivity index (χ1n) is 5.09. The van der Waals surface area contributed by atoms with Crippen LogP contribution in [0.3, 0.4) is 0 Å². The number of rotatable bonds is 3. The van der Waals surface area contributed by atoms with Gasteiger partial charge in [-0.25, -0.2) is 8.42 Å². The van der Waals surface area contributed by atoms with Crippen LogP contribution in [0.15, 0.2) is 29.2 Å². The molecule has 1 saturated heterocycles. The Morgan fingerprint density at radius 1 is 1.27 bits per heavy atom. The van der Waals surface area contributed by atoms with Gasteiger partial charge in [-0.15, -0.1) is 0 Å². The van der Waals surface area contributed by atoms with E-state index in [4.69, 9.17) is 0 Å². The largest absolute Gasteiger partial charge is 0.307 e. The lowest BCUT2D eigenvalue weighted by Gasteiger charge is -2.07. The van der Waals surface area contributed by atoms with Gasteiger partial charge in [0.2, 0.25) is 0 Å². The molecule has 1 atom stereocenters. The predicted octanol–water partition coefficient (Wildman–Crippen LogP) is 1.51. The maximum Gasteiger partial charge on any atom is 0.180 e. The van der Waals surface area contributed by atoms with Crippen LogP contribution in [0, 0.1) is 0 Å². The van der Waals surface area contributed by atoms with Gasteiger partial charge in [0.1, 0.15) is 0 Å². The SMILES string of the molecule is CC(C)S(=O)(=O)c1ccc(C2CN2)cc1. The molecule has 1 N–H and O–H groups in total. The van der Waals surface area contributed by atoms with Gasteiger partial charge in [-0.3, -0.25) is 0 Å². The van der Waals surface area contributed by atoms with E-state index < -0.39 is 9.84 Å². The number of sulfone groups is 1. The lowest BCUT2D eigenvalue weighted by Crippen LogP contribution is -2.13. The van der Waals surface area contributed by atoms with Crippen molar-refractivity contribution in [2.24, 2.45) is 0 Å². The van der Waals surface area contributed by atoms with Crippen LogP contribution in [-0.4, -0.2) is 20.2 Å². The van der Waals surface area contributed by atoms with Crippen molar-refractivity contribution >= 4 is 9.84 Å². The first-order chi connectivity index (χ1) is 7.01. The molecule has 0 radical (unpaired) electrons. The molecule has 1 aromatic rings. The fourth-order valence-corrected chi connectivity index (χ4v) is 2.52. The zero-order chi connectivity index (χ0) is 11.1. The van der Waals surface area contributed by atoms with Crippen LogP contribution in [0.25, 0.3) is 0 Å². The van der Waals surface area contributed by atoms with E-state index in [1.807, 2.05) is 12.1 Å². The van der Waals surface area contributed by atoms with Crippen molar-refractivity contribution in [2.45, 2.75) is 30.0 Å². The Labute approximate surface area is 90.4 Å². The van der Waals surface area contributed by atoms with Crippen molar-refractivity contribution in [1.82, 2.24) is 5.32 Å². The molecule has 0 spiro atoms. The molecule has 1 heterocycles. The minimum absolute atomic E-state index is 0.359. The number of hydrogen-bond donors (Lipinski definition) is 1. The fraction of sp³-hybridized carbons (Fsp3) is 0.455. The molecule has 0 amide bonds. The number of hydrogen-bond acceptors (Lipinski definition) is 3. The first-order valence-corrected chi connectivity index (χ1v) is 6.63. The van der Waals surface area contributed by atoms with E-state index in [9.17, 15) is 8.42 Å². The van der Waals surface area contributed by atoms with Crippen LogP contribution >= 0.6 is 0 Å². The summed E-state index contributed by atoms with van der Waals surface area (Å²) in [6, 6.07) is 7.61. The summed E-state index contributed by atoms with van der Waals surface area (Å²) < 4.78 is 23.6. The lowest BCUT2D eigenvalue weighted by molar-refractivity contribution is 0.587. The van der Waals surface area contributed by atoms with E-state index in [-0.39, 0.29) is 5.25 Å². The summed E-state index contributed by atoms with van der Waals surface area (Å²) in [7, 11) is -3.12. The topological polar surface area (TPSA) is 56.1 Å². The molecule has 1 aromatic carbocycles. The Hall–Kier alpha value is -0.870. The maximum absolute atomic E-state index is 11.8. The summed E-state index contributed by atoms with van der Waals surface area (Å²) in [5.74, 6) is 0. The Balaban J connectivity index is 2.30. The summed E-state index contributed by atoms with van der Waals surface area (Å²) in [4.78, 5) is 0.418. The molecule has 0 aliphatic carbocycles. The van der Waals surface area contributed by atoms with Crippen molar-refractivity contribution in [1.29, 1.82) is 0 Å². The summed E-state index contributed by atoms with van der Waals surface area (Å²) in [5, 5.41) is 2.82. The van der Waals surface area contributed by atoms with Crippen LogP contribution in [0.5, 0.6) is 0 Å². The van der Waals surface area contributed by atoms with Gasteiger partial charge in [0.15, 0.2) is 9.84 Å². The molecule has 1 fully saturated rings. The Bertz CT molecular complexity index is 444. The van der Waals surface area contributed by atoms with Gasteiger partial charge < -0.3 is 5.32 Å². The molecule has 1 unspecified atom stereocenters. The second-order valence-electron chi connectivity index (χ2n) is 4.12. The van der Waals surface area contributed by atoms with E-state index in [1.54, 1.807) is 26.0 Å². The second-order valence-corrected chi connectivity index (χ2v) is 6.63. The van der Waals surface area contributed by atoms with Crippen LogP contribution in [0.4, 0.5) is 0 Å². The maximum atomic E-state index is 11.8. The van der Waals surface area contributed by atoms with E-state index in [0.29, 0.717) is 10.9 Å². The fourth-order valence-electron chi connectivity index (χ4n) is 1.46. The standard InChI is InChI=1S/C11H15NO2S/c1-8(2)15(13,14)10-5-3-9(4-6-10)11-7-12-11/h3-6,8,11-12H,7H2,1-2H3. The molecule has 82 valence electrons. The van der Waals surface area contributed by atoms with E-state index in [1.165, 1.54) is 0 Å². The third-order valence-electron chi connectivity index (χ3n) is 2.64. The minimum atomic E-state index is -3.12. The molecular formula is C11H15NO2S. The van der Waals surface area contributed by atoms with Gasteiger partial charge in [-0.05, 0) is 31.5 Å². The molecule has 0 saturated carbocycles. The molecular weight excluding hydrogens is 210 g/mol. The van der Waals surface area contributed by atoms with Gasteiger partial charge >= 0.3 is 0 Å². The van der Waals surface area contributed by atoms with Gasteiger partial charge in [0.25, 0.3) is 0 Å². The Morgan fingerprint density at radius 3 is 2.20 bits per heavy atom. The molecule has 0 aromatic heterocycles. The minimum Gasteiger partial charge on any atom is -0.307 e.